The van der Waals surface area contributed by atoms with Gasteiger partial charge in [-0.2, -0.15) is 0 Å². The van der Waals surface area contributed by atoms with Gasteiger partial charge in [0.25, 0.3) is 0 Å². The Morgan fingerprint density at radius 1 is 1.60 bits per heavy atom. The molecule has 2 amide bonds. The van der Waals surface area contributed by atoms with Crippen molar-refractivity contribution in [3.05, 3.63) is 0 Å². The van der Waals surface area contributed by atoms with Gasteiger partial charge >= 0.3 is 0 Å². The molecule has 0 radical (unpaired) electrons. The number of rotatable bonds is 2. The van der Waals surface area contributed by atoms with Crippen molar-refractivity contribution in [1.29, 1.82) is 0 Å². The SMILES string of the molecule is CC(C)(C)[C@@H](N)C(=O)NC1CNC(=O)C1. The van der Waals surface area contributed by atoms with E-state index < -0.39 is 6.04 Å². The highest BCUT2D eigenvalue weighted by Gasteiger charge is 2.30. The lowest BCUT2D eigenvalue weighted by Gasteiger charge is -2.26. The molecule has 1 unspecified atom stereocenters. The van der Waals surface area contributed by atoms with Gasteiger partial charge in [0.1, 0.15) is 0 Å². The largest absolute Gasteiger partial charge is 0.354 e. The number of carbonyl (C=O) groups excluding carboxylic acids is 2. The Labute approximate surface area is 89.8 Å². The average molecular weight is 213 g/mol. The lowest BCUT2D eigenvalue weighted by molar-refractivity contribution is -0.125. The Hall–Kier alpha value is -1.10. The molecule has 1 aliphatic heterocycles. The van der Waals surface area contributed by atoms with Crippen LogP contribution in [-0.4, -0.2) is 30.4 Å². The van der Waals surface area contributed by atoms with Crippen molar-refractivity contribution in [3.8, 4) is 0 Å². The van der Waals surface area contributed by atoms with E-state index in [1.807, 2.05) is 20.8 Å². The second-order valence-corrected chi connectivity index (χ2v) is 5.06. The van der Waals surface area contributed by atoms with Gasteiger partial charge in [-0.3, -0.25) is 9.59 Å². The summed E-state index contributed by atoms with van der Waals surface area (Å²) in [6, 6.07) is -0.661. The molecule has 0 saturated carbocycles. The summed E-state index contributed by atoms with van der Waals surface area (Å²) in [5, 5.41) is 5.43. The van der Waals surface area contributed by atoms with E-state index in [-0.39, 0.29) is 23.3 Å². The maximum atomic E-state index is 11.7. The first-order valence-electron chi connectivity index (χ1n) is 5.13. The van der Waals surface area contributed by atoms with Gasteiger partial charge in [-0.05, 0) is 5.41 Å². The van der Waals surface area contributed by atoms with E-state index >= 15 is 0 Å². The van der Waals surface area contributed by atoms with Crippen molar-refractivity contribution in [1.82, 2.24) is 10.6 Å². The van der Waals surface area contributed by atoms with Crippen molar-refractivity contribution in [2.45, 2.75) is 39.3 Å². The second kappa shape index (κ2) is 4.18. The molecule has 5 nitrogen and oxygen atoms in total. The molecule has 15 heavy (non-hydrogen) atoms. The monoisotopic (exact) mass is 213 g/mol. The van der Waals surface area contributed by atoms with Gasteiger partial charge in [0, 0.05) is 13.0 Å². The Kier molecular flexibility index (Phi) is 3.34. The molecule has 0 aliphatic carbocycles. The number of amides is 2. The molecule has 86 valence electrons. The van der Waals surface area contributed by atoms with Crippen molar-refractivity contribution in [3.63, 3.8) is 0 Å². The fraction of sp³-hybridized carbons (Fsp3) is 0.800. The molecule has 4 N–H and O–H groups in total. The summed E-state index contributed by atoms with van der Waals surface area (Å²) in [5.74, 6) is -0.214. The molecule has 1 heterocycles. The summed E-state index contributed by atoms with van der Waals surface area (Å²) in [6.45, 7) is 6.24. The Morgan fingerprint density at radius 2 is 2.20 bits per heavy atom. The fourth-order valence-corrected chi connectivity index (χ4v) is 1.39. The minimum atomic E-state index is -0.548. The van der Waals surface area contributed by atoms with Gasteiger partial charge in [-0.25, -0.2) is 0 Å². The zero-order chi connectivity index (χ0) is 11.6. The fourth-order valence-electron chi connectivity index (χ4n) is 1.39. The van der Waals surface area contributed by atoms with E-state index in [0.717, 1.165) is 0 Å². The summed E-state index contributed by atoms with van der Waals surface area (Å²) in [4.78, 5) is 22.6. The molecule has 0 spiro atoms. The first-order valence-corrected chi connectivity index (χ1v) is 5.13. The molecule has 0 bridgehead atoms. The van der Waals surface area contributed by atoms with E-state index in [0.29, 0.717) is 13.0 Å². The van der Waals surface area contributed by atoms with Crippen molar-refractivity contribution in [2.24, 2.45) is 11.1 Å². The van der Waals surface area contributed by atoms with Gasteiger partial charge in [0.05, 0.1) is 12.1 Å². The first kappa shape index (κ1) is 12.0. The van der Waals surface area contributed by atoms with Gasteiger partial charge in [0.2, 0.25) is 11.8 Å². The van der Waals surface area contributed by atoms with Crippen LogP contribution >= 0.6 is 0 Å². The minimum Gasteiger partial charge on any atom is -0.354 e. The molecule has 1 fully saturated rings. The zero-order valence-electron chi connectivity index (χ0n) is 9.46. The third-order valence-electron chi connectivity index (χ3n) is 2.54. The molecule has 1 rings (SSSR count). The van der Waals surface area contributed by atoms with Crippen LogP contribution in [0.2, 0.25) is 0 Å². The van der Waals surface area contributed by atoms with E-state index in [4.69, 9.17) is 5.73 Å². The number of nitrogens with two attached hydrogens (primary N) is 1. The molecule has 5 heteroatoms. The molecule has 2 atom stereocenters. The van der Waals surface area contributed by atoms with E-state index in [1.165, 1.54) is 0 Å². The number of hydrogen-bond donors (Lipinski definition) is 3. The van der Waals surface area contributed by atoms with Crippen LogP contribution in [-0.2, 0) is 9.59 Å². The normalized spacial score (nSPS) is 23.5. The van der Waals surface area contributed by atoms with Gasteiger partial charge in [0.15, 0.2) is 0 Å². The Balaban J connectivity index is 2.45. The third kappa shape index (κ3) is 3.20. The molecular formula is C10H19N3O2. The highest BCUT2D eigenvalue weighted by Crippen LogP contribution is 2.17. The highest BCUT2D eigenvalue weighted by atomic mass is 16.2. The van der Waals surface area contributed by atoms with Gasteiger partial charge in [-0.1, -0.05) is 20.8 Å². The summed E-state index contributed by atoms with van der Waals surface area (Å²) in [6.07, 6.45) is 0.350. The standard InChI is InChI=1S/C10H19N3O2/c1-10(2,3)8(11)9(15)13-6-4-7(14)12-5-6/h6,8H,4-5,11H2,1-3H3,(H,12,14)(H,13,15)/t6?,8-/m0/s1. The van der Waals surface area contributed by atoms with Crippen molar-refractivity contribution >= 4 is 11.8 Å². The number of hydrogen-bond acceptors (Lipinski definition) is 3. The maximum absolute atomic E-state index is 11.7. The summed E-state index contributed by atoms with van der Waals surface area (Å²) >= 11 is 0. The van der Waals surface area contributed by atoms with Gasteiger partial charge < -0.3 is 16.4 Å². The Morgan fingerprint density at radius 3 is 2.60 bits per heavy atom. The molecule has 0 aromatic rings. The summed E-state index contributed by atoms with van der Waals surface area (Å²) in [5.41, 5.74) is 5.53. The van der Waals surface area contributed by atoms with Crippen LogP contribution in [0.3, 0.4) is 0 Å². The quantitative estimate of drug-likeness (QED) is 0.570. The molecule has 1 saturated heterocycles. The molecule has 1 aliphatic rings. The predicted molar refractivity (Wildman–Crippen MR) is 57.0 cm³/mol. The zero-order valence-corrected chi connectivity index (χ0v) is 9.46. The molecular weight excluding hydrogens is 194 g/mol. The van der Waals surface area contributed by atoms with Crippen LogP contribution in [0.5, 0.6) is 0 Å². The third-order valence-corrected chi connectivity index (χ3v) is 2.54. The highest BCUT2D eigenvalue weighted by molar-refractivity contribution is 5.85. The number of nitrogens with one attached hydrogen (secondary N) is 2. The minimum absolute atomic E-state index is 0.0235. The van der Waals surface area contributed by atoms with Crippen LogP contribution in [0.4, 0.5) is 0 Å². The van der Waals surface area contributed by atoms with Crippen molar-refractivity contribution in [2.75, 3.05) is 6.54 Å². The van der Waals surface area contributed by atoms with Crippen LogP contribution in [0.1, 0.15) is 27.2 Å². The summed E-state index contributed by atoms with van der Waals surface area (Å²) < 4.78 is 0. The molecule has 0 aromatic carbocycles. The second-order valence-electron chi connectivity index (χ2n) is 5.06. The number of carbonyl (C=O) groups is 2. The van der Waals surface area contributed by atoms with Crippen molar-refractivity contribution < 1.29 is 9.59 Å². The van der Waals surface area contributed by atoms with Crippen LogP contribution in [0.15, 0.2) is 0 Å². The van der Waals surface area contributed by atoms with Crippen LogP contribution in [0, 0.1) is 5.41 Å². The van der Waals surface area contributed by atoms with E-state index in [2.05, 4.69) is 10.6 Å². The maximum Gasteiger partial charge on any atom is 0.237 e. The lowest BCUT2D eigenvalue weighted by atomic mass is 9.87. The van der Waals surface area contributed by atoms with Crippen LogP contribution in [0.25, 0.3) is 0 Å². The smallest absolute Gasteiger partial charge is 0.237 e. The first-order chi connectivity index (χ1) is 6.80. The lowest BCUT2D eigenvalue weighted by Crippen LogP contribution is -2.51. The molecule has 0 aromatic heterocycles. The average Bonchev–Trinajstić information content (AvgIpc) is 2.48. The van der Waals surface area contributed by atoms with Gasteiger partial charge in [-0.15, -0.1) is 0 Å². The summed E-state index contributed by atoms with van der Waals surface area (Å²) in [7, 11) is 0. The Bertz CT molecular complexity index is 270. The topological polar surface area (TPSA) is 84.2 Å². The van der Waals surface area contributed by atoms with Crippen LogP contribution < -0.4 is 16.4 Å². The van der Waals surface area contributed by atoms with E-state index in [1.54, 1.807) is 0 Å². The predicted octanol–water partition coefficient (Wildman–Crippen LogP) is -0.635. The van der Waals surface area contributed by atoms with E-state index in [9.17, 15) is 9.59 Å².